The molecule has 3 nitrogen and oxygen atoms in total. The quantitative estimate of drug-likeness (QED) is 0.714. The minimum Gasteiger partial charge on any atom is -0.508 e. The maximum atomic E-state index is 9.69. The summed E-state index contributed by atoms with van der Waals surface area (Å²) in [6.07, 6.45) is 5.43. The molecule has 0 spiro atoms. The second-order valence-electron chi connectivity index (χ2n) is 4.76. The topological polar surface area (TPSA) is 41.5 Å². The predicted octanol–water partition coefficient (Wildman–Crippen LogP) is 2.68. The van der Waals surface area contributed by atoms with Crippen LogP contribution in [0.25, 0.3) is 0 Å². The smallest absolute Gasteiger partial charge is 0.120 e. The minimum atomic E-state index is 0.334. The highest BCUT2D eigenvalue weighted by Crippen LogP contribution is 2.33. The second-order valence-corrected chi connectivity index (χ2v) is 4.76. The van der Waals surface area contributed by atoms with Gasteiger partial charge < -0.3 is 15.2 Å². The zero-order valence-corrected chi connectivity index (χ0v) is 10.4. The lowest BCUT2D eigenvalue weighted by atomic mass is 10.2. The number of phenolic OH excluding ortho intramolecular Hbond substituents is 1. The van der Waals surface area contributed by atoms with Crippen molar-refractivity contribution in [1.82, 2.24) is 5.32 Å². The second kappa shape index (κ2) is 5.92. The molecular weight excluding hydrogens is 214 g/mol. The average molecular weight is 235 g/mol. The van der Waals surface area contributed by atoms with Crippen LogP contribution in [-0.2, 0) is 6.54 Å². The molecule has 1 aliphatic carbocycles. The van der Waals surface area contributed by atoms with Crippen molar-refractivity contribution in [3.05, 3.63) is 23.8 Å². The summed E-state index contributed by atoms with van der Waals surface area (Å²) in [6.45, 7) is 1.72. The summed E-state index contributed by atoms with van der Waals surface area (Å²) in [5.74, 6) is 2.13. The lowest BCUT2D eigenvalue weighted by Crippen LogP contribution is -2.14. The first-order valence-corrected chi connectivity index (χ1v) is 6.36. The third kappa shape index (κ3) is 3.93. The van der Waals surface area contributed by atoms with E-state index < -0.39 is 0 Å². The maximum Gasteiger partial charge on any atom is 0.120 e. The van der Waals surface area contributed by atoms with E-state index in [4.69, 9.17) is 4.74 Å². The molecule has 2 rings (SSSR count). The Balaban J connectivity index is 1.72. The Bertz CT molecular complexity index is 361. The van der Waals surface area contributed by atoms with Gasteiger partial charge in [0.05, 0.1) is 7.11 Å². The number of hydrogen-bond acceptors (Lipinski definition) is 3. The van der Waals surface area contributed by atoms with Crippen molar-refractivity contribution in [3.63, 3.8) is 0 Å². The van der Waals surface area contributed by atoms with E-state index in [9.17, 15) is 5.11 Å². The van der Waals surface area contributed by atoms with Crippen molar-refractivity contribution in [1.29, 1.82) is 0 Å². The third-order valence-corrected chi connectivity index (χ3v) is 3.26. The third-order valence-electron chi connectivity index (χ3n) is 3.26. The first-order chi connectivity index (χ1) is 8.29. The van der Waals surface area contributed by atoms with Crippen LogP contribution >= 0.6 is 0 Å². The molecule has 94 valence electrons. The van der Waals surface area contributed by atoms with E-state index in [0.717, 1.165) is 23.8 Å². The van der Waals surface area contributed by atoms with E-state index in [-0.39, 0.29) is 0 Å². The monoisotopic (exact) mass is 235 g/mol. The van der Waals surface area contributed by atoms with Gasteiger partial charge >= 0.3 is 0 Å². The lowest BCUT2D eigenvalue weighted by molar-refractivity contribution is 0.410. The van der Waals surface area contributed by atoms with Gasteiger partial charge in [0.15, 0.2) is 0 Å². The molecule has 1 fully saturated rings. The Labute approximate surface area is 103 Å². The number of nitrogens with one attached hydrogen (secondary N) is 1. The molecule has 0 aromatic heterocycles. The van der Waals surface area contributed by atoms with Crippen molar-refractivity contribution in [3.8, 4) is 11.5 Å². The molecule has 0 unspecified atom stereocenters. The van der Waals surface area contributed by atoms with Gasteiger partial charge in [0, 0.05) is 12.1 Å². The summed E-state index contributed by atoms with van der Waals surface area (Å²) in [4.78, 5) is 0. The number of hydrogen-bond donors (Lipinski definition) is 2. The molecule has 0 radical (unpaired) electrons. The van der Waals surface area contributed by atoms with E-state index >= 15 is 0 Å². The highest BCUT2D eigenvalue weighted by atomic mass is 16.5. The van der Waals surface area contributed by atoms with Gasteiger partial charge in [-0.15, -0.1) is 0 Å². The van der Waals surface area contributed by atoms with Crippen LogP contribution in [0, 0.1) is 5.92 Å². The fraction of sp³-hybridized carbons (Fsp3) is 0.571. The van der Waals surface area contributed by atoms with Crippen LogP contribution in [0.4, 0.5) is 0 Å². The number of rotatable bonds is 7. The van der Waals surface area contributed by atoms with Crippen LogP contribution in [-0.4, -0.2) is 18.8 Å². The number of benzene rings is 1. The Morgan fingerprint density at radius 1 is 1.41 bits per heavy atom. The fourth-order valence-electron chi connectivity index (χ4n) is 1.98. The zero-order valence-electron chi connectivity index (χ0n) is 10.4. The molecule has 0 amide bonds. The van der Waals surface area contributed by atoms with E-state index in [1.54, 1.807) is 19.2 Å². The van der Waals surface area contributed by atoms with Crippen LogP contribution < -0.4 is 10.1 Å². The zero-order chi connectivity index (χ0) is 12.1. The molecule has 0 atom stereocenters. The van der Waals surface area contributed by atoms with Crippen molar-refractivity contribution in [2.75, 3.05) is 13.7 Å². The van der Waals surface area contributed by atoms with Crippen LogP contribution in [0.15, 0.2) is 18.2 Å². The molecule has 17 heavy (non-hydrogen) atoms. The molecule has 0 heterocycles. The average Bonchev–Trinajstić information content (AvgIpc) is 3.15. The Kier molecular flexibility index (Phi) is 4.26. The van der Waals surface area contributed by atoms with Gasteiger partial charge in [-0.05, 0) is 43.5 Å². The van der Waals surface area contributed by atoms with Crippen LogP contribution in [0.3, 0.4) is 0 Å². The van der Waals surface area contributed by atoms with Gasteiger partial charge in [0.25, 0.3) is 0 Å². The minimum absolute atomic E-state index is 0.334. The summed E-state index contributed by atoms with van der Waals surface area (Å²) in [5, 5.41) is 13.1. The Morgan fingerprint density at radius 2 is 2.24 bits per heavy atom. The van der Waals surface area contributed by atoms with Crippen molar-refractivity contribution >= 4 is 0 Å². The highest BCUT2D eigenvalue weighted by molar-refractivity contribution is 5.39. The first-order valence-electron chi connectivity index (χ1n) is 6.36. The number of ether oxygens (including phenoxy) is 1. The SMILES string of the molecule is COc1ccc(O)c(CNCCCC2CC2)c1. The largest absolute Gasteiger partial charge is 0.508 e. The summed E-state index contributed by atoms with van der Waals surface area (Å²) < 4.78 is 5.14. The van der Waals surface area contributed by atoms with E-state index in [0.29, 0.717) is 12.3 Å². The lowest BCUT2D eigenvalue weighted by Gasteiger charge is -2.08. The van der Waals surface area contributed by atoms with Crippen LogP contribution in [0.2, 0.25) is 0 Å². The standard InChI is InChI=1S/C14H21NO2/c1-17-13-6-7-14(16)12(9-13)10-15-8-2-3-11-4-5-11/h6-7,9,11,15-16H,2-5,8,10H2,1H3. The number of aromatic hydroxyl groups is 1. The van der Waals surface area contributed by atoms with Gasteiger partial charge in [0.1, 0.15) is 11.5 Å². The highest BCUT2D eigenvalue weighted by Gasteiger charge is 2.19. The van der Waals surface area contributed by atoms with Crippen molar-refractivity contribution < 1.29 is 9.84 Å². The van der Waals surface area contributed by atoms with Gasteiger partial charge in [0.2, 0.25) is 0 Å². The molecule has 3 heteroatoms. The molecule has 0 saturated heterocycles. The van der Waals surface area contributed by atoms with E-state index in [1.807, 2.05) is 6.07 Å². The Morgan fingerprint density at radius 3 is 2.94 bits per heavy atom. The van der Waals surface area contributed by atoms with E-state index in [2.05, 4.69) is 5.32 Å². The number of phenols is 1. The predicted molar refractivity (Wildman–Crippen MR) is 68.3 cm³/mol. The molecular formula is C14H21NO2. The molecule has 1 aromatic carbocycles. The van der Waals surface area contributed by atoms with Crippen LogP contribution in [0.5, 0.6) is 11.5 Å². The molecule has 1 aromatic rings. The summed E-state index contributed by atoms with van der Waals surface area (Å²) in [7, 11) is 1.64. The summed E-state index contributed by atoms with van der Waals surface area (Å²) >= 11 is 0. The molecule has 1 aliphatic rings. The Hall–Kier alpha value is -1.22. The van der Waals surface area contributed by atoms with Gasteiger partial charge in [-0.3, -0.25) is 0 Å². The summed E-state index contributed by atoms with van der Waals surface area (Å²) in [6, 6.07) is 5.33. The molecule has 1 saturated carbocycles. The maximum absolute atomic E-state index is 9.69. The fourth-order valence-corrected chi connectivity index (χ4v) is 1.98. The molecule has 0 bridgehead atoms. The molecule has 0 aliphatic heterocycles. The summed E-state index contributed by atoms with van der Waals surface area (Å²) in [5.41, 5.74) is 0.899. The van der Waals surface area contributed by atoms with Gasteiger partial charge in [-0.2, -0.15) is 0 Å². The van der Waals surface area contributed by atoms with E-state index in [1.165, 1.54) is 25.7 Å². The van der Waals surface area contributed by atoms with Gasteiger partial charge in [-0.25, -0.2) is 0 Å². The van der Waals surface area contributed by atoms with Crippen molar-refractivity contribution in [2.24, 2.45) is 5.92 Å². The number of methoxy groups -OCH3 is 1. The van der Waals surface area contributed by atoms with Gasteiger partial charge in [-0.1, -0.05) is 12.8 Å². The normalized spacial score (nSPS) is 14.9. The first kappa shape index (κ1) is 12.2. The molecule has 2 N–H and O–H groups in total. The van der Waals surface area contributed by atoms with Crippen molar-refractivity contribution in [2.45, 2.75) is 32.2 Å². The van der Waals surface area contributed by atoms with Crippen LogP contribution in [0.1, 0.15) is 31.2 Å².